The van der Waals surface area contributed by atoms with E-state index in [4.69, 9.17) is 14.4 Å². The Morgan fingerprint density at radius 2 is 1.42 bits per heavy atom. The summed E-state index contributed by atoms with van der Waals surface area (Å²) in [6.45, 7) is 4.47. The van der Waals surface area contributed by atoms with E-state index in [0.717, 1.165) is 79.2 Å². The first-order chi connectivity index (χ1) is 23.7. The molecule has 1 atom stereocenters. The Hall–Kier alpha value is -6.13. The average Bonchev–Trinajstić information content (AvgIpc) is 3.53. The van der Waals surface area contributed by atoms with Crippen LogP contribution in [0.2, 0.25) is 0 Å². The molecule has 0 fully saturated rings. The summed E-state index contributed by atoms with van der Waals surface area (Å²) < 4.78 is 6.43. The molecule has 0 spiro atoms. The van der Waals surface area contributed by atoms with E-state index in [-0.39, 0.29) is 6.04 Å². The van der Waals surface area contributed by atoms with Crippen molar-refractivity contribution >= 4 is 40.4 Å². The zero-order chi connectivity index (χ0) is 32.3. The van der Waals surface area contributed by atoms with Crippen molar-refractivity contribution in [3.8, 4) is 11.1 Å². The predicted octanol–water partition coefficient (Wildman–Crippen LogP) is 10.4. The van der Waals surface area contributed by atoms with Gasteiger partial charge >= 0.3 is 0 Å². The van der Waals surface area contributed by atoms with Crippen LogP contribution in [0.5, 0.6) is 0 Å². The van der Waals surface area contributed by atoms with E-state index in [1.807, 2.05) is 42.5 Å². The van der Waals surface area contributed by atoms with Gasteiger partial charge in [-0.25, -0.2) is 0 Å². The Kier molecular flexibility index (Phi) is 7.89. The molecular formula is C44H33N3O. The van der Waals surface area contributed by atoms with E-state index in [1.54, 1.807) is 0 Å². The first-order valence-corrected chi connectivity index (χ1v) is 16.3. The number of rotatable bonds is 8. The van der Waals surface area contributed by atoms with Crippen molar-refractivity contribution < 1.29 is 4.42 Å². The van der Waals surface area contributed by atoms with E-state index >= 15 is 0 Å². The van der Waals surface area contributed by atoms with Gasteiger partial charge in [0.2, 0.25) is 0 Å². The van der Waals surface area contributed by atoms with Crippen LogP contribution in [0.15, 0.2) is 177 Å². The molecule has 0 N–H and O–H groups in total. The first-order valence-electron chi connectivity index (χ1n) is 16.3. The van der Waals surface area contributed by atoms with E-state index in [2.05, 4.69) is 127 Å². The van der Waals surface area contributed by atoms with Crippen LogP contribution >= 0.6 is 0 Å². The molecular weight excluding hydrogens is 587 g/mol. The third-order valence-electron chi connectivity index (χ3n) is 8.93. The number of furan rings is 1. The fraction of sp³-hybridized carbons (Fsp3) is 0.0682. The lowest BCUT2D eigenvalue weighted by molar-refractivity contribution is 0.598. The summed E-state index contributed by atoms with van der Waals surface area (Å²) in [6, 6.07) is 46.0. The van der Waals surface area contributed by atoms with Gasteiger partial charge in [-0.2, -0.15) is 0 Å². The minimum absolute atomic E-state index is 0.0886. The number of para-hydroxylation sites is 1. The summed E-state index contributed by atoms with van der Waals surface area (Å²) in [5.41, 5.74) is 12.1. The number of hydrogen-bond donors (Lipinski definition) is 0. The molecule has 1 unspecified atom stereocenters. The molecule has 2 aliphatic heterocycles. The van der Waals surface area contributed by atoms with Crippen LogP contribution < -0.4 is 0 Å². The standard InChI is InChI=1S/C44H33N3O/c1-45-39(33-18-16-32(17-19-33)31-12-6-3-7-13-31)28-40(46-29-30-10-4-2-5-11-30)34-20-22-35(23-21-34)43-42-38-14-8-9-15-41(38)48-44(42)36-24-26-37(47-43)27-25-36/h2-26,28,37H,1,27,29H2/b39-28-,46-40+,47-43-. The Morgan fingerprint density at radius 1 is 0.750 bits per heavy atom. The summed E-state index contributed by atoms with van der Waals surface area (Å²) >= 11 is 0. The maximum absolute atomic E-state index is 6.43. The summed E-state index contributed by atoms with van der Waals surface area (Å²) in [4.78, 5) is 14.8. The molecule has 1 aliphatic carbocycles. The van der Waals surface area contributed by atoms with Gasteiger partial charge in [-0.15, -0.1) is 0 Å². The lowest BCUT2D eigenvalue weighted by atomic mass is 9.90. The maximum Gasteiger partial charge on any atom is 0.144 e. The highest BCUT2D eigenvalue weighted by molar-refractivity contribution is 6.22. The van der Waals surface area contributed by atoms with Crippen LogP contribution in [0.4, 0.5) is 0 Å². The van der Waals surface area contributed by atoms with Gasteiger partial charge in [-0.1, -0.05) is 146 Å². The van der Waals surface area contributed by atoms with E-state index < -0.39 is 0 Å². The Bertz CT molecular complexity index is 2270. The second-order valence-electron chi connectivity index (χ2n) is 12.0. The van der Waals surface area contributed by atoms with E-state index in [1.165, 1.54) is 5.56 Å². The van der Waals surface area contributed by atoms with Crippen LogP contribution in [0.3, 0.4) is 0 Å². The second-order valence-corrected chi connectivity index (χ2v) is 12.0. The second kappa shape index (κ2) is 12.9. The lowest BCUT2D eigenvalue weighted by Crippen LogP contribution is -2.15. The van der Waals surface area contributed by atoms with Crippen molar-refractivity contribution in [2.45, 2.75) is 19.0 Å². The first kappa shape index (κ1) is 29.3. The normalized spacial score (nSPS) is 16.9. The zero-order valence-corrected chi connectivity index (χ0v) is 26.5. The Morgan fingerprint density at radius 3 is 2.15 bits per heavy atom. The van der Waals surface area contributed by atoms with Crippen molar-refractivity contribution in [3.05, 3.63) is 191 Å². The van der Waals surface area contributed by atoms with Gasteiger partial charge in [-0.05, 0) is 47.5 Å². The topological polar surface area (TPSA) is 50.2 Å². The molecule has 0 radical (unpaired) electrons. The third kappa shape index (κ3) is 5.80. The van der Waals surface area contributed by atoms with Crippen LogP contribution in [0, 0.1) is 0 Å². The smallest absolute Gasteiger partial charge is 0.144 e. The fourth-order valence-corrected chi connectivity index (χ4v) is 6.40. The molecule has 4 nitrogen and oxygen atoms in total. The van der Waals surface area contributed by atoms with Gasteiger partial charge in [0, 0.05) is 22.1 Å². The predicted molar refractivity (Wildman–Crippen MR) is 200 cm³/mol. The van der Waals surface area contributed by atoms with Crippen LogP contribution in [-0.4, -0.2) is 24.2 Å². The Labute approximate surface area is 280 Å². The highest BCUT2D eigenvalue weighted by Gasteiger charge is 2.26. The monoisotopic (exact) mass is 619 g/mol. The average molecular weight is 620 g/mol. The molecule has 0 amide bonds. The van der Waals surface area contributed by atoms with E-state index in [9.17, 15) is 0 Å². The molecule has 4 heteroatoms. The molecule has 5 aromatic carbocycles. The Balaban J connectivity index is 1.18. The van der Waals surface area contributed by atoms with Gasteiger partial charge in [0.1, 0.15) is 11.3 Å². The van der Waals surface area contributed by atoms with Gasteiger partial charge < -0.3 is 4.42 Å². The highest BCUT2D eigenvalue weighted by Crippen LogP contribution is 2.37. The van der Waals surface area contributed by atoms with Gasteiger partial charge in [0.05, 0.1) is 35.3 Å². The molecule has 0 saturated heterocycles. The molecule has 3 aliphatic rings. The summed E-state index contributed by atoms with van der Waals surface area (Å²) in [7, 11) is 0. The highest BCUT2D eigenvalue weighted by atomic mass is 16.3. The minimum Gasteiger partial charge on any atom is -0.455 e. The van der Waals surface area contributed by atoms with Crippen molar-refractivity contribution in [2.75, 3.05) is 0 Å². The number of allylic oxidation sites excluding steroid dienone is 3. The number of nitrogens with zero attached hydrogens (tertiary/aromatic N) is 3. The molecule has 48 heavy (non-hydrogen) atoms. The zero-order valence-electron chi connectivity index (χ0n) is 26.5. The van der Waals surface area contributed by atoms with Crippen molar-refractivity contribution in [2.24, 2.45) is 15.0 Å². The largest absolute Gasteiger partial charge is 0.455 e. The third-order valence-corrected chi connectivity index (χ3v) is 8.93. The number of hydrogen-bond acceptors (Lipinski definition) is 4. The van der Waals surface area contributed by atoms with Crippen LogP contribution in [0.1, 0.15) is 40.0 Å². The molecule has 0 saturated carbocycles. The van der Waals surface area contributed by atoms with Crippen molar-refractivity contribution in [1.29, 1.82) is 0 Å². The lowest BCUT2D eigenvalue weighted by Gasteiger charge is -2.19. The van der Waals surface area contributed by atoms with Gasteiger partial charge in [0.15, 0.2) is 0 Å². The van der Waals surface area contributed by atoms with Crippen LogP contribution in [0.25, 0.3) is 33.4 Å². The van der Waals surface area contributed by atoms with Gasteiger partial charge in [0.25, 0.3) is 0 Å². The maximum atomic E-state index is 6.43. The summed E-state index contributed by atoms with van der Waals surface area (Å²) in [6.07, 6.45) is 9.44. The molecule has 1 aromatic heterocycles. The van der Waals surface area contributed by atoms with Crippen molar-refractivity contribution in [1.82, 2.24) is 0 Å². The number of fused-ring (bicyclic) bond motifs is 2. The molecule has 230 valence electrons. The van der Waals surface area contributed by atoms with E-state index in [0.29, 0.717) is 6.54 Å². The van der Waals surface area contributed by atoms with Crippen LogP contribution in [-0.2, 0) is 6.54 Å². The number of aliphatic imine (C=N–C) groups is 3. The minimum atomic E-state index is 0.0886. The fourth-order valence-electron chi connectivity index (χ4n) is 6.40. The molecule has 3 heterocycles. The summed E-state index contributed by atoms with van der Waals surface area (Å²) in [5, 5.41) is 1.07. The molecule has 6 aromatic rings. The van der Waals surface area contributed by atoms with Crippen molar-refractivity contribution in [3.63, 3.8) is 0 Å². The molecule has 2 bridgehead atoms. The molecule has 9 rings (SSSR count). The van der Waals surface area contributed by atoms with Gasteiger partial charge in [-0.3, -0.25) is 15.0 Å². The summed E-state index contributed by atoms with van der Waals surface area (Å²) in [5.74, 6) is 0.876. The quantitative estimate of drug-likeness (QED) is 0.156. The number of benzene rings is 5. The SMILES string of the molecule is C=N/C(=C\C(=N/Cc1ccccc1)c1ccc(/C2=N/C3C=CC(=CC3)c3oc4ccccc4c32)cc1)c1ccc(-c2ccccc2)cc1.